The normalized spacial score (nSPS) is 55.2. The predicted molar refractivity (Wildman–Crippen MR) is 135 cm³/mol. The van der Waals surface area contributed by atoms with Crippen molar-refractivity contribution in [2.45, 2.75) is 120 Å². The second kappa shape index (κ2) is 9.31. The van der Waals surface area contributed by atoms with Gasteiger partial charge in [-0.25, -0.2) is 4.79 Å². The Hall–Kier alpha value is -1.40. The van der Waals surface area contributed by atoms with E-state index < -0.39 is 58.8 Å². The van der Waals surface area contributed by atoms with Gasteiger partial charge < -0.3 is 44.5 Å². The number of esters is 1. The first-order valence-corrected chi connectivity index (χ1v) is 14.5. The molecule has 4 saturated carbocycles. The zero-order valence-corrected chi connectivity index (χ0v) is 22.7. The molecule has 0 amide bonds. The molecule has 2 heterocycles. The molecule has 0 radical (unpaired) electrons. The Kier molecular flexibility index (Phi) is 6.62. The summed E-state index contributed by atoms with van der Waals surface area (Å²) in [6.45, 7) is 3.98. The molecule has 0 spiro atoms. The monoisotopic (exact) mass is 550 g/mol. The van der Waals surface area contributed by atoms with Gasteiger partial charge in [0.2, 0.25) is 0 Å². The fraction of sp³-hybridized carbons (Fsp3) is 0.862. The highest BCUT2D eigenvalue weighted by atomic mass is 16.7. The van der Waals surface area contributed by atoms with Crippen molar-refractivity contribution in [3.8, 4) is 0 Å². The van der Waals surface area contributed by atoms with Crippen LogP contribution in [0.1, 0.15) is 71.6 Å². The van der Waals surface area contributed by atoms with Crippen molar-refractivity contribution in [3.05, 3.63) is 11.6 Å². The second-order valence-corrected chi connectivity index (χ2v) is 13.4. The summed E-state index contributed by atoms with van der Waals surface area (Å²) in [5, 5.41) is 55.0. The van der Waals surface area contributed by atoms with Gasteiger partial charge in [-0.15, -0.1) is 0 Å². The van der Waals surface area contributed by atoms with Crippen molar-refractivity contribution in [1.82, 2.24) is 0 Å². The molecular weight excluding hydrogens is 508 g/mol. The fourth-order valence-corrected chi connectivity index (χ4v) is 9.75. The molecule has 10 heteroatoms. The number of carbonyl (C=O) groups excluding carboxylic acids is 2. The maximum absolute atomic E-state index is 13.0. The van der Waals surface area contributed by atoms with Gasteiger partial charge in [0, 0.05) is 17.9 Å². The van der Waals surface area contributed by atoms with Crippen molar-refractivity contribution in [2.75, 3.05) is 6.61 Å². The minimum absolute atomic E-state index is 0.0465. The van der Waals surface area contributed by atoms with Crippen LogP contribution in [0.25, 0.3) is 0 Å². The number of aliphatic hydroxyl groups excluding tert-OH is 3. The minimum Gasteiger partial charge on any atom is -0.458 e. The topological polar surface area (TPSA) is 163 Å². The SMILES string of the molecule is C[C@H]1O[C@@H](O[C@@H]2CC[C@]3(C=O)[C@@H]4CC[C@]5(C)[C@H](C6=CC(=O)OC6)CC[C@@]5(O)[C@@H]4CC[C@@]3(O)C2)[C@@H](O)[C@H](O)[C@@H]1O. The van der Waals surface area contributed by atoms with E-state index in [0.717, 1.165) is 18.3 Å². The predicted octanol–water partition coefficient (Wildman–Crippen LogP) is 0.750. The number of cyclic esters (lactones) is 1. The van der Waals surface area contributed by atoms with Gasteiger partial charge in [0.05, 0.1) is 28.8 Å². The lowest BCUT2D eigenvalue weighted by Gasteiger charge is -2.65. The number of rotatable bonds is 4. The summed E-state index contributed by atoms with van der Waals surface area (Å²) in [5.41, 5.74) is -2.86. The Morgan fingerprint density at radius 1 is 0.974 bits per heavy atom. The van der Waals surface area contributed by atoms with Crippen LogP contribution in [0.2, 0.25) is 0 Å². The average molecular weight is 551 g/mol. The molecule has 0 bridgehead atoms. The molecule has 4 aliphatic carbocycles. The number of carbonyl (C=O) groups is 2. The van der Waals surface area contributed by atoms with Crippen molar-refractivity contribution in [2.24, 2.45) is 28.6 Å². The summed E-state index contributed by atoms with van der Waals surface area (Å²) in [6, 6.07) is 0. The molecule has 6 aliphatic rings. The average Bonchev–Trinajstić information content (AvgIpc) is 3.45. The third kappa shape index (κ3) is 3.78. The second-order valence-electron chi connectivity index (χ2n) is 13.4. The van der Waals surface area contributed by atoms with E-state index in [2.05, 4.69) is 6.92 Å². The molecule has 0 aromatic heterocycles. The van der Waals surface area contributed by atoms with Crippen LogP contribution in [0.5, 0.6) is 0 Å². The molecule has 218 valence electrons. The van der Waals surface area contributed by atoms with Gasteiger partial charge in [0.25, 0.3) is 0 Å². The van der Waals surface area contributed by atoms with Gasteiger partial charge in [-0.1, -0.05) is 6.92 Å². The van der Waals surface area contributed by atoms with E-state index in [1.807, 2.05) is 0 Å². The largest absolute Gasteiger partial charge is 0.458 e. The summed E-state index contributed by atoms with van der Waals surface area (Å²) in [5.74, 6) is -0.616. The number of hydrogen-bond acceptors (Lipinski definition) is 10. The van der Waals surface area contributed by atoms with Gasteiger partial charge in [0.15, 0.2) is 6.29 Å². The smallest absolute Gasteiger partial charge is 0.331 e. The van der Waals surface area contributed by atoms with Crippen LogP contribution in [0.3, 0.4) is 0 Å². The van der Waals surface area contributed by atoms with Crippen LogP contribution in [-0.4, -0.2) is 92.4 Å². The van der Waals surface area contributed by atoms with Crippen LogP contribution >= 0.6 is 0 Å². The first-order valence-electron chi connectivity index (χ1n) is 14.5. The van der Waals surface area contributed by atoms with Gasteiger partial charge in [-0.3, -0.25) is 0 Å². The van der Waals surface area contributed by atoms with Crippen LogP contribution in [0.15, 0.2) is 11.6 Å². The summed E-state index contributed by atoms with van der Waals surface area (Å²) >= 11 is 0. The number of fused-ring (bicyclic) bond motifs is 5. The standard InChI is InChI=1S/C29H42O10/c1-15-22(32)23(33)24(34)25(38-15)39-17-3-8-27(14-30)19-4-7-26(2)18(16-11-21(31)37-13-16)6-10-29(26,36)20(19)5-9-28(27,35)12-17/h11,14-15,17-20,22-25,32-36H,3-10,12-13H2,1-2H3/t15-,17-,18+,19-,20-,22-,23-,24+,25+,26-,27+,28-,29-/m1/s1. The first-order chi connectivity index (χ1) is 18.4. The highest BCUT2D eigenvalue weighted by Crippen LogP contribution is 2.70. The Morgan fingerprint density at radius 3 is 2.41 bits per heavy atom. The fourth-order valence-electron chi connectivity index (χ4n) is 9.75. The third-order valence-corrected chi connectivity index (χ3v) is 12.0. The number of aliphatic hydroxyl groups is 5. The van der Waals surface area contributed by atoms with Crippen LogP contribution in [0, 0.1) is 28.6 Å². The van der Waals surface area contributed by atoms with Crippen molar-refractivity contribution in [1.29, 1.82) is 0 Å². The van der Waals surface area contributed by atoms with Crippen molar-refractivity contribution >= 4 is 12.3 Å². The summed E-state index contributed by atoms with van der Waals surface area (Å²) in [4.78, 5) is 24.8. The zero-order chi connectivity index (χ0) is 28.0. The molecule has 1 saturated heterocycles. The van der Waals surface area contributed by atoms with Gasteiger partial charge >= 0.3 is 5.97 Å². The van der Waals surface area contributed by atoms with Gasteiger partial charge in [0.1, 0.15) is 31.2 Å². The quantitative estimate of drug-likeness (QED) is 0.192. The molecule has 39 heavy (non-hydrogen) atoms. The Labute approximate surface area is 228 Å². The molecule has 2 aliphatic heterocycles. The highest BCUT2D eigenvalue weighted by Gasteiger charge is 2.71. The molecule has 5 N–H and O–H groups in total. The Morgan fingerprint density at radius 2 is 1.72 bits per heavy atom. The number of hydrogen-bond donors (Lipinski definition) is 5. The Balaban J connectivity index is 1.22. The highest BCUT2D eigenvalue weighted by molar-refractivity contribution is 5.85. The lowest BCUT2D eigenvalue weighted by molar-refractivity contribution is -0.317. The molecule has 13 atom stereocenters. The first kappa shape index (κ1) is 27.8. The third-order valence-electron chi connectivity index (χ3n) is 12.0. The minimum atomic E-state index is -1.43. The van der Waals surface area contributed by atoms with Crippen LogP contribution < -0.4 is 0 Å². The molecule has 0 unspecified atom stereocenters. The molecule has 6 rings (SSSR count). The van der Waals surface area contributed by atoms with Gasteiger partial charge in [-0.05, 0) is 81.6 Å². The van der Waals surface area contributed by atoms with E-state index in [1.165, 1.54) is 0 Å². The van der Waals surface area contributed by atoms with Crippen molar-refractivity contribution in [3.63, 3.8) is 0 Å². The van der Waals surface area contributed by atoms with Gasteiger partial charge in [-0.2, -0.15) is 0 Å². The maximum Gasteiger partial charge on any atom is 0.331 e. The van der Waals surface area contributed by atoms with Crippen molar-refractivity contribution < 1.29 is 49.3 Å². The summed E-state index contributed by atoms with van der Waals surface area (Å²) < 4.78 is 16.9. The van der Waals surface area contributed by atoms with E-state index in [-0.39, 0.29) is 36.8 Å². The van der Waals surface area contributed by atoms with E-state index in [1.54, 1.807) is 13.0 Å². The molecular formula is C29H42O10. The Bertz CT molecular complexity index is 1050. The summed E-state index contributed by atoms with van der Waals surface area (Å²) in [6.07, 6.45) is 0.689. The van der Waals surface area contributed by atoms with E-state index in [9.17, 15) is 35.1 Å². The number of ether oxygens (including phenoxy) is 3. The molecule has 0 aromatic rings. The number of aldehydes is 1. The van der Waals surface area contributed by atoms with E-state index in [0.29, 0.717) is 44.9 Å². The lowest BCUT2D eigenvalue weighted by atomic mass is 9.41. The molecule has 0 aromatic carbocycles. The van der Waals surface area contributed by atoms with E-state index in [4.69, 9.17) is 14.2 Å². The zero-order valence-electron chi connectivity index (χ0n) is 22.7. The maximum atomic E-state index is 13.0. The van der Waals surface area contributed by atoms with Crippen LogP contribution in [0.4, 0.5) is 0 Å². The summed E-state index contributed by atoms with van der Waals surface area (Å²) in [7, 11) is 0. The molecule has 10 nitrogen and oxygen atoms in total. The molecule has 5 fully saturated rings. The van der Waals surface area contributed by atoms with Crippen LogP contribution in [-0.2, 0) is 23.8 Å². The lowest BCUT2D eigenvalue weighted by Crippen LogP contribution is -2.69. The van der Waals surface area contributed by atoms with E-state index >= 15 is 0 Å².